The number of carbonyl (C=O) groups is 1. The summed E-state index contributed by atoms with van der Waals surface area (Å²) in [5.74, 6) is 0.635. The van der Waals surface area contributed by atoms with Gasteiger partial charge >= 0.3 is 0 Å². The second-order valence-electron chi connectivity index (χ2n) is 4.84. The number of hydrogen-bond acceptors (Lipinski definition) is 4. The molecule has 1 aromatic heterocycles. The molecule has 100 valence electrons. The maximum atomic E-state index is 11.0. The Morgan fingerprint density at radius 2 is 2.44 bits per heavy atom. The lowest BCUT2D eigenvalue weighted by Crippen LogP contribution is -2.35. The quantitative estimate of drug-likeness (QED) is 0.776. The number of nitrogens with two attached hydrogens (primary N) is 1. The number of hydrogen-bond donors (Lipinski definition) is 2. The van der Waals surface area contributed by atoms with Crippen LogP contribution in [0.1, 0.15) is 19.8 Å². The summed E-state index contributed by atoms with van der Waals surface area (Å²) in [6.07, 6.45) is 4.00. The summed E-state index contributed by atoms with van der Waals surface area (Å²) in [5, 5.41) is 7.12. The smallest absolute Gasteiger partial charge is 0.217 e. The Morgan fingerprint density at radius 3 is 3.11 bits per heavy atom. The minimum atomic E-state index is 0.0638. The van der Waals surface area contributed by atoms with Gasteiger partial charge in [-0.2, -0.15) is 5.10 Å². The van der Waals surface area contributed by atoms with E-state index in [0.717, 1.165) is 39.0 Å². The van der Waals surface area contributed by atoms with E-state index in [4.69, 9.17) is 5.73 Å². The second kappa shape index (κ2) is 5.86. The fourth-order valence-electron chi connectivity index (χ4n) is 2.40. The first-order chi connectivity index (χ1) is 8.63. The number of aromatic nitrogens is 2. The molecule has 1 fully saturated rings. The first kappa shape index (κ1) is 12.9. The van der Waals surface area contributed by atoms with Gasteiger partial charge in [-0.05, 0) is 25.5 Å². The van der Waals surface area contributed by atoms with E-state index in [1.165, 1.54) is 0 Å². The van der Waals surface area contributed by atoms with Crippen LogP contribution in [0.5, 0.6) is 0 Å². The van der Waals surface area contributed by atoms with Gasteiger partial charge in [-0.1, -0.05) is 0 Å². The van der Waals surface area contributed by atoms with Gasteiger partial charge in [0.05, 0.1) is 0 Å². The highest BCUT2D eigenvalue weighted by molar-refractivity contribution is 5.73. The molecule has 0 radical (unpaired) electrons. The van der Waals surface area contributed by atoms with Crippen LogP contribution in [-0.4, -0.2) is 46.3 Å². The van der Waals surface area contributed by atoms with Crippen LogP contribution in [0.25, 0.3) is 0 Å². The lowest BCUT2D eigenvalue weighted by Gasteiger charge is -2.16. The minimum absolute atomic E-state index is 0.0638. The Bertz CT molecular complexity index is 403. The van der Waals surface area contributed by atoms with E-state index in [-0.39, 0.29) is 5.91 Å². The monoisotopic (exact) mass is 251 g/mol. The Labute approximate surface area is 107 Å². The number of amides is 1. The zero-order valence-electron chi connectivity index (χ0n) is 10.8. The summed E-state index contributed by atoms with van der Waals surface area (Å²) in [7, 11) is 0. The molecule has 2 rings (SSSR count). The van der Waals surface area contributed by atoms with E-state index in [0.29, 0.717) is 11.9 Å². The molecule has 1 atom stereocenters. The topological polar surface area (TPSA) is 76.2 Å². The maximum absolute atomic E-state index is 11.0. The Balaban J connectivity index is 1.64. The molecule has 1 aliphatic heterocycles. The summed E-state index contributed by atoms with van der Waals surface area (Å²) in [5.41, 5.74) is 5.55. The number of likely N-dealkylation sites (tertiary alicyclic amines) is 1. The number of nitrogens with zero attached hydrogens (tertiary/aromatic N) is 3. The third-order valence-corrected chi connectivity index (χ3v) is 3.20. The zero-order valence-corrected chi connectivity index (χ0v) is 10.8. The van der Waals surface area contributed by atoms with Crippen molar-refractivity contribution in [1.29, 1.82) is 0 Å². The summed E-state index contributed by atoms with van der Waals surface area (Å²) < 4.78 is 1.87. The van der Waals surface area contributed by atoms with Gasteiger partial charge in [0, 0.05) is 38.8 Å². The number of nitrogens with one attached hydrogen (secondary N) is 1. The van der Waals surface area contributed by atoms with E-state index in [1.807, 2.05) is 16.9 Å². The molecule has 0 spiro atoms. The molecular weight excluding hydrogens is 230 g/mol. The second-order valence-corrected chi connectivity index (χ2v) is 4.84. The minimum Gasteiger partial charge on any atom is -0.382 e. The van der Waals surface area contributed by atoms with Gasteiger partial charge in [0.2, 0.25) is 5.91 Å². The van der Waals surface area contributed by atoms with Crippen molar-refractivity contribution in [3.05, 3.63) is 12.3 Å². The molecule has 1 aromatic rings. The van der Waals surface area contributed by atoms with Crippen molar-refractivity contribution < 1.29 is 4.79 Å². The molecule has 0 aromatic carbocycles. The highest BCUT2D eigenvalue weighted by Gasteiger charge is 2.22. The van der Waals surface area contributed by atoms with Crippen molar-refractivity contribution in [2.75, 3.05) is 25.4 Å². The molecule has 1 unspecified atom stereocenters. The number of aryl methyl sites for hydroxylation is 1. The molecule has 3 N–H and O–H groups in total. The third-order valence-electron chi connectivity index (χ3n) is 3.20. The predicted octanol–water partition coefficient (Wildman–Crippen LogP) is 0.0658. The van der Waals surface area contributed by atoms with Gasteiger partial charge < -0.3 is 16.0 Å². The zero-order chi connectivity index (χ0) is 13.0. The number of rotatable bonds is 5. The van der Waals surface area contributed by atoms with Crippen molar-refractivity contribution in [2.45, 2.75) is 32.4 Å². The van der Waals surface area contributed by atoms with E-state index in [2.05, 4.69) is 15.3 Å². The van der Waals surface area contributed by atoms with Crippen molar-refractivity contribution in [2.24, 2.45) is 0 Å². The van der Waals surface area contributed by atoms with Gasteiger partial charge in [0.15, 0.2) is 0 Å². The van der Waals surface area contributed by atoms with Crippen molar-refractivity contribution >= 4 is 11.7 Å². The first-order valence-electron chi connectivity index (χ1n) is 6.42. The molecule has 1 saturated heterocycles. The summed E-state index contributed by atoms with van der Waals surface area (Å²) in [4.78, 5) is 13.3. The van der Waals surface area contributed by atoms with Crippen LogP contribution in [0.15, 0.2) is 12.3 Å². The Morgan fingerprint density at radius 1 is 1.61 bits per heavy atom. The molecule has 1 amide bonds. The van der Waals surface area contributed by atoms with Crippen molar-refractivity contribution in [3.8, 4) is 0 Å². The van der Waals surface area contributed by atoms with Gasteiger partial charge in [-0.3, -0.25) is 9.48 Å². The van der Waals surface area contributed by atoms with Crippen LogP contribution in [0.2, 0.25) is 0 Å². The van der Waals surface area contributed by atoms with Gasteiger partial charge in [0.25, 0.3) is 0 Å². The van der Waals surface area contributed by atoms with Crippen LogP contribution in [0.3, 0.4) is 0 Å². The van der Waals surface area contributed by atoms with Crippen LogP contribution in [0, 0.1) is 0 Å². The maximum Gasteiger partial charge on any atom is 0.217 e. The lowest BCUT2D eigenvalue weighted by atomic mass is 10.2. The largest absolute Gasteiger partial charge is 0.382 e. The van der Waals surface area contributed by atoms with Crippen molar-refractivity contribution in [3.63, 3.8) is 0 Å². The SMILES string of the molecule is CC(=O)NC1CCN(CCCn2ccc(N)n2)C1. The number of nitrogen functional groups attached to an aromatic ring is 1. The van der Waals surface area contributed by atoms with Gasteiger partial charge in [-0.15, -0.1) is 0 Å². The van der Waals surface area contributed by atoms with Crippen LogP contribution < -0.4 is 11.1 Å². The van der Waals surface area contributed by atoms with E-state index >= 15 is 0 Å². The average Bonchev–Trinajstić information content (AvgIpc) is 2.88. The van der Waals surface area contributed by atoms with E-state index in [1.54, 1.807) is 6.92 Å². The fraction of sp³-hybridized carbons (Fsp3) is 0.667. The van der Waals surface area contributed by atoms with Crippen molar-refractivity contribution in [1.82, 2.24) is 20.0 Å². The first-order valence-corrected chi connectivity index (χ1v) is 6.42. The summed E-state index contributed by atoms with van der Waals surface area (Å²) >= 11 is 0. The molecule has 6 heteroatoms. The molecule has 0 bridgehead atoms. The van der Waals surface area contributed by atoms with E-state index in [9.17, 15) is 4.79 Å². The Hall–Kier alpha value is -1.56. The lowest BCUT2D eigenvalue weighted by molar-refractivity contribution is -0.119. The van der Waals surface area contributed by atoms with Crippen LogP contribution in [-0.2, 0) is 11.3 Å². The molecule has 18 heavy (non-hydrogen) atoms. The normalized spacial score (nSPS) is 20.2. The summed E-state index contributed by atoms with van der Waals surface area (Å²) in [6.45, 7) is 5.52. The van der Waals surface area contributed by atoms with Gasteiger partial charge in [-0.25, -0.2) is 0 Å². The predicted molar refractivity (Wildman–Crippen MR) is 69.9 cm³/mol. The van der Waals surface area contributed by atoms with Gasteiger partial charge in [0.1, 0.15) is 5.82 Å². The highest BCUT2D eigenvalue weighted by atomic mass is 16.1. The molecule has 2 heterocycles. The third kappa shape index (κ3) is 3.73. The molecule has 1 aliphatic rings. The number of carbonyl (C=O) groups excluding carboxylic acids is 1. The Kier molecular flexibility index (Phi) is 4.19. The molecular formula is C12H21N5O. The average molecular weight is 251 g/mol. The standard InChI is InChI=1S/C12H21N5O/c1-10(18)14-11-3-7-16(9-11)5-2-6-17-8-4-12(13)15-17/h4,8,11H,2-3,5-7,9H2,1H3,(H2,13,15)(H,14,18). The molecule has 0 saturated carbocycles. The number of anilines is 1. The van der Waals surface area contributed by atoms with Crippen LogP contribution in [0.4, 0.5) is 5.82 Å². The molecule has 6 nitrogen and oxygen atoms in total. The van der Waals surface area contributed by atoms with Crippen LogP contribution >= 0.6 is 0 Å². The molecule has 0 aliphatic carbocycles. The summed E-state index contributed by atoms with van der Waals surface area (Å²) in [6, 6.07) is 2.13. The fourth-order valence-corrected chi connectivity index (χ4v) is 2.40. The highest BCUT2D eigenvalue weighted by Crippen LogP contribution is 2.09. The van der Waals surface area contributed by atoms with E-state index < -0.39 is 0 Å².